The predicted octanol–water partition coefficient (Wildman–Crippen LogP) is 1.71. The van der Waals surface area contributed by atoms with E-state index in [1.807, 2.05) is 0 Å². The van der Waals surface area contributed by atoms with Crippen LogP contribution >= 0.6 is 15.9 Å². The SMILES string of the molecule is CCC1CC1NC(=O)c1cnn(C)c1Br. The maximum absolute atomic E-state index is 11.8. The molecule has 0 saturated heterocycles. The van der Waals surface area contributed by atoms with Gasteiger partial charge in [0.2, 0.25) is 0 Å². The summed E-state index contributed by atoms with van der Waals surface area (Å²) in [5.41, 5.74) is 0.610. The number of hydrogen-bond acceptors (Lipinski definition) is 2. The third-order valence-electron chi connectivity index (χ3n) is 2.87. The lowest BCUT2D eigenvalue weighted by molar-refractivity contribution is 0.0948. The number of carbonyl (C=O) groups is 1. The Morgan fingerprint density at radius 1 is 1.80 bits per heavy atom. The third-order valence-corrected chi connectivity index (χ3v) is 3.81. The summed E-state index contributed by atoms with van der Waals surface area (Å²) in [4.78, 5) is 11.8. The van der Waals surface area contributed by atoms with E-state index in [4.69, 9.17) is 0 Å². The van der Waals surface area contributed by atoms with E-state index < -0.39 is 0 Å². The van der Waals surface area contributed by atoms with Crippen molar-refractivity contribution >= 4 is 21.8 Å². The summed E-state index contributed by atoms with van der Waals surface area (Å²) in [6, 6.07) is 0.370. The van der Waals surface area contributed by atoms with Gasteiger partial charge in [-0.25, -0.2) is 0 Å². The number of nitrogens with zero attached hydrogens (tertiary/aromatic N) is 2. The normalized spacial score (nSPS) is 23.9. The molecule has 0 spiro atoms. The van der Waals surface area contributed by atoms with Crippen LogP contribution in [-0.4, -0.2) is 21.7 Å². The van der Waals surface area contributed by atoms with Gasteiger partial charge in [0.25, 0.3) is 5.91 Å². The zero-order valence-electron chi connectivity index (χ0n) is 8.83. The van der Waals surface area contributed by atoms with E-state index in [1.54, 1.807) is 17.9 Å². The van der Waals surface area contributed by atoms with Gasteiger partial charge in [0.15, 0.2) is 0 Å². The van der Waals surface area contributed by atoms with Gasteiger partial charge in [-0.1, -0.05) is 13.3 Å². The maximum Gasteiger partial charge on any atom is 0.255 e. The zero-order valence-corrected chi connectivity index (χ0v) is 10.4. The molecule has 1 saturated carbocycles. The molecule has 0 aromatic carbocycles. The monoisotopic (exact) mass is 271 g/mol. The molecule has 1 fully saturated rings. The Labute approximate surface area is 97.2 Å². The highest BCUT2D eigenvalue weighted by Crippen LogP contribution is 2.33. The molecule has 1 N–H and O–H groups in total. The Hall–Kier alpha value is -0.840. The Balaban J connectivity index is 2.00. The molecule has 1 aliphatic carbocycles. The predicted molar refractivity (Wildman–Crippen MR) is 60.6 cm³/mol. The highest BCUT2D eigenvalue weighted by molar-refractivity contribution is 9.10. The Kier molecular flexibility index (Phi) is 2.82. The summed E-state index contributed by atoms with van der Waals surface area (Å²) in [6.45, 7) is 2.15. The largest absolute Gasteiger partial charge is 0.349 e. The van der Waals surface area contributed by atoms with Gasteiger partial charge in [-0.2, -0.15) is 5.10 Å². The van der Waals surface area contributed by atoms with Gasteiger partial charge in [-0.05, 0) is 28.3 Å². The van der Waals surface area contributed by atoms with Gasteiger partial charge in [-0.3, -0.25) is 9.48 Å². The lowest BCUT2D eigenvalue weighted by atomic mass is 10.3. The van der Waals surface area contributed by atoms with E-state index in [1.165, 1.54) is 0 Å². The fourth-order valence-electron chi connectivity index (χ4n) is 1.70. The number of aryl methyl sites for hydroxylation is 1. The van der Waals surface area contributed by atoms with E-state index in [-0.39, 0.29) is 5.91 Å². The second-order valence-corrected chi connectivity index (χ2v) is 4.71. The number of aromatic nitrogens is 2. The summed E-state index contributed by atoms with van der Waals surface area (Å²) in [5, 5.41) is 7.02. The highest BCUT2D eigenvalue weighted by atomic mass is 79.9. The highest BCUT2D eigenvalue weighted by Gasteiger charge is 2.37. The van der Waals surface area contributed by atoms with E-state index in [9.17, 15) is 4.79 Å². The molecule has 2 atom stereocenters. The first-order chi connectivity index (χ1) is 7.13. The molecule has 1 aromatic rings. The molecule has 15 heavy (non-hydrogen) atoms. The van der Waals surface area contributed by atoms with Crippen molar-refractivity contribution in [2.75, 3.05) is 0 Å². The van der Waals surface area contributed by atoms with Crippen molar-refractivity contribution in [2.45, 2.75) is 25.8 Å². The Bertz CT molecular complexity index is 388. The topological polar surface area (TPSA) is 46.9 Å². The average Bonchev–Trinajstić information content (AvgIpc) is 2.87. The Morgan fingerprint density at radius 3 is 3.00 bits per heavy atom. The number of nitrogens with one attached hydrogen (secondary N) is 1. The van der Waals surface area contributed by atoms with Gasteiger partial charge in [0.1, 0.15) is 4.60 Å². The molecule has 1 aliphatic rings. The van der Waals surface area contributed by atoms with Crippen molar-refractivity contribution < 1.29 is 4.79 Å². The molecule has 2 rings (SSSR count). The standard InChI is InChI=1S/C10H14BrN3O/c1-3-6-4-8(6)13-10(15)7-5-12-14(2)9(7)11/h5-6,8H,3-4H2,1-2H3,(H,13,15). The summed E-state index contributed by atoms with van der Waals surface area (Å²) in [6.07, 6.45) is 3.84. The first kappa shape index (κ1) is 10.7. The van der Waals surface area contributed by atoms with Crippen LogP contribution in [0.3, 0.4) is 0 Å². The van der Waals surface area contributed by atoms with Crippen molar-refractivity contribution in [2.24, 2.45) is 13.0 Å². The minimum absolute atomic E-state index is 0.0316. The van der Waals surface area contributed by atoms with Crippen molar-refractivity contribution in [1.82, 2.24) is 15.1 Å². The summed E-state index contributed by atoms with van der Waals surface area (Å²) < 4.78 is 2.37. The van der Waals surface area contributed by atoms with Crippen LogP contribution in [0.5, 0.6) is 0 Å². The fourth-order valence-corrected chi connectivity index (χ4v) is 2.07. The maximum atomic E-state index is 11.8. The van der Waals surface area contributed by atoms with Crippen LogP contribution in [0.25, 0.3) is 0 Å². The quantitative estimate of drug-likeness (QED) is 0.910. The molecule has 0 bridgehead atoms. The van der Waals surface area contributed by atoms with E-state index >= 15 is 0 Å². The van der Waals surface area contributed by atoms with E-state index in [0.717, 1.165) is 17.4 Å². The second kappa shape index (κ2) is 3.96. The molecule has 4 nitrogen and oxygen atoms in total. The minimum Gasteiger partial charge on any atom is -0.349 e. The number of amides is 1. The van der Waals surface area contributed by atoms with Crippen LogP contribution in [0.4, 0.5) is 0 Å². The first-order valence-corrected chi connectivity index (χ1v) is 5.91. The van der Waals surface area contributed by atoms with Crippen molar-refractivity contribution in [3.63, 3.8) is 0 Å². The number of carbonyl (C=O) groups excluding carboxylic acids is 1. The molecule has 0 aliphatic heterocycles. The second-order valence-electron chi connectivity index (χ2n) is 3.96. The lowest BCUT2D eigenvalue weighted by Crippen LogP contribution is -2.26. The number of rotatable bonds is 3. The Morgan fingerprint density at radius 2 is 2.53 bits per heavy atom. The third kappa shape index (κ3) is 2.07. The fraction of sp³-hybridized carbons (Fsp3) is 0.600. The first-order valence-electron chi connectivity index (χ1n) is 5.11. The van der Waals surface area contributed by atoms with Crippen molar-refractivity contribution in [3.8, 4) is 0 Å². The molecule has 1 amide bonds. The minimum atomic E-state index is -0.0316. The molecule has 1 aromatic heterocycles. The van der Waals surface area contributed by atoms with Gasteiger partial charge in [0, 0.05) is 13.1 Å². The number of hydrogen-bond donors (Lipinski definition) is 1. The molecule has 82 valence electrons. The summed E-state index contributed by atoms with van der Waals surface area (Å²) in [5.74, 6) is 0.639. The van der Waals surface area contributed by atoms with Crippen LogP contribution in [-0.2, 0) is 7.05 Å². The van der Waals surface area contributed by atoms with Gasteiger partial charge in [0.05, 0.1) is 11.8 Å². The number of halogens is 1. The van der Waals surface area contributed by atoms with Crippen LogP contribution in [0.2, 0.25) is 0 Å². The van der Waals surface area contributed by atoms with E-state index in [0.29, 0.717) is 17.5 Å². The molecule has 5 heteroatoms. The van der Waals surface area contributed by atoms with Crippen LogP contribution in [0, 0.1) is 5.92 Å². The smallest absolute Gasteiger partial charge is 0.255 e. The van der Waals surface area contributed by atoms with Crippen molar-refractivity contribution in [3.05, 3.63) is 16.4 Å². The molecule has 1 heterocycles. The zero-order chi connectivity index (χ0) is 11.0. The van der Waals surface area contributed by atoms with Gasteiger partial charge >= 0.3 is 0 Å². The molecule has 2 unspecified atom stereocenters. The van der Waals surface area contributed by atoms with Crippen LogP contribution < -0.4 is 5.32 Å². The molecular weight excluding hydrogens is 258 g/mol. The van der Waals surface area contributed by atoms with Crippen LogP contribution in [0.15, 0.2) is 10.8 Å². The van der Waals surface area contributed by atoms with Crippen LogP contribution in [0.1, 0.15) is 30.1 Å². The molecular formula is C10H14BrN3O. The summed E-state index contributed by atoms with van der Waals surface area (Å²) in [7, 11) is 1.80. The summed E-state index contributed by atoms with van der Waals surface area (Å²) >= 11 is 3.33. The molecule has 0 radical (unpaired) electrons. The van der Waals surface area contributed by atoms with Gasteiger partial charge < -0.3 is 5.32 Å². The van der Waals surface area contributed by atoms with Gasteiger partial charge in [-0.15, -0.1) is 0 Å². The average molecular weight is 272 g/mol. The van der Waals surface area contributed by atoms with Crippen molar-refractivity contribution in [1.29, 1.82) is 0 Å². The lowest BCUT2D eigenvalue weighted by Gasteiger charge is -2.02. The van der Waals surface area contributed by atoms with E-state index in [2.05, 4.69) is 33.3 Å².